The van der Waals surface area contributed by atoms with E-state index >= 15 is 0 Å². The van der Waals surface area contributed by atoms with Gasteiger partial charge in [0, 0.05) is 10.3 Å². The van der Waals surface area contributed by atoms with Crippen LogP contribution in [-0.4, -0.2) is 24.1 Å². The molecule has 1 atom stereocenters. The van der Waals surface area contributed by atoms with E-state index in [9.17, 15) is 0 Å². The molecular formula is C14H20ClNS. The zero-order valence-electron chi connectivity index (χ0n) is 10.1. The third-order valence-electron chi connectivity index (χ3n) is 3.18. The van der Waals surface area contributed by atoms with E-state index in [2.05, 4.69) is 29.2 Å². The van der Waals surface area contributed by atoms with Gasteiger partial charge in [0.1, 0.15) is 0 Å². The fraction of sp³-hybridized carbons (Fsp3) is 0.571. The van der Waals surface area contributed by atoms with Gasteiger partial charge < -0.3 is 5.32 Å². The molecule has 1 unspecified atom stereocenters. The maximum Gasteiger partial charge on any atom is 0.0406 e. The van der Waals surface area contributed by atoms with E-state index in [1.165, 1.54) is 43.7 Å². The highest BCUT2D eigenvalue weighted by molar-refractivity contribution is 7.99. The van der Waals surface area contributed by atoms with Gasteiger partial charge in [0.15, 0.2) is 0 Å². The van der Waals surface area contributed by atoms with Crippen LogP contribution < -0.4 is 5.32 Å². The summed E-state index contributed by atoms with van der Waals surface area (Å²) in [5.74, 6) is 1.23. The van der Waals surface area contributed by atoms with Crippen LogP contribution in [-0.2, 0) is 6.42 Å². The van der Waals surface area contributed by atoms with Crippen LogP contribution >= 0.6 is 23.4 Å². The Balaban J connectivity index is 1.69. The van der Waals surface area contributed by atoms with Gasteiger partial charge in [0.2, 0.25) is 0 Å². The van der Waals surface area contributed by atoms with E-state index in [4.69, 9.17) is 11.6 Å². The van der Waals surface area contributed by atoms with Crippen molar-refractivity contribution in [2.45, 2.75) is 30.9 Å². The summed E-state index contributed by atoms with van der Waals surface area (Å²) < 4.78 is 0. The van der Waals surface area contributed by atoms with Gasteiger partial charge >= 0.3 is 0 Å². The molecule has 0 aliphatic carbocycles. The normalized spacial score (nSPS) is 21.1. The highest BCUT2D eigenvalue weighted by atomic mass is 35.5. The van der Waals surface area contributed by atoms with Gasteiger partial charge in [-0.3, -0.25) is 0 Å². The molecule has 0 spiro atoms. The summed E-state index contributed by atoms with van der Waals surface area (Å²) >= 11 is 8.01. The van der Waals surface area contributed by atoms with Crippen molar-refractivity contribution in [1.82, 2.24) is 5.32 Å². The number of hydrogen-bond donors (Lipinski definition) is 1. The zero-order valence-corrected chi connectivity index (χ0v) is 11.7. The predicted octanol–water partition coefficient (Wildman–Crippen LogP) is 3.76. The Labute approximate surface area is 113 Å². The molecule has 17 heavy (non-hydrogen) atoms. The van der Waals surface area contributed by atoms with Crippen molar-refractivity contribution >= 4 is 23.4 Å². The Morgan fingerprint density at radius 2 is 2.00 bits per heavy atom. The number of hydrogen-bond acceptors (Lipinski definition) is 2. The molecule has 0 bridgehead atoms. The molecule has 1 aromatic rings. The van der Waals surface area contributed by atoms with Crippen molar-refractivity contribution in [2.24, 2.45) is 0 Å². The summed E-state index contributed by atoms with van der Waals surface area (Å²) in [6.45, 7) is 2.40. The lowest BCUT2D eigenvalue weighted by Crippen LogP contribution is -2.14. The molecule has 1 N–H and O–H groups in total. The van der Waals surface area contributed by atoms with Gasteiger partial charge in [-0.2, -0.15) is 11.8 Å². The molecule has 0 saturated carbocycles. The van der Waals surface area contributed by atoms with Crippen LogP contribution in [0.5, 0.6) is 0 Å². The fourth-order valence-electron chi connectivity index (χ4n) is 2.15. The maximum absolute atomic E-state index is 5.87. The van der Waals surface area contributed by atoms with E-state index in [-0.39, 0.29) is 0 Å². The number of thioether (sulfide) groups is 1. The minimum atomic E-state index is 0.830. The summed E-state index contributed by atoms with van der Waals surface area (Å²) in [4.78, 5) is 0. The smallest absolute Gasteiger partial charge is 0.0406 e. The SMILES string of the molecule is Clc1ccc(CCSC2CCCNCC2)cc1. The van der Waals surface area contributed by atoms with Gasteiger partial charge in [-0.05, 0) is 62.2 Å². The lowest BCUT2D eigenvalue weighted by atomic mass is 10.2. The number of halogens is 1. The summed E-state index contributed by atoms with van der Waals surface area (Å²) in [5, 5.41) is 5.15. The number of nitrogens with one attached hydrogen (secondary N) is 1. The Morgan fingerprint density at radius 3 is 2.82 bits per heavy atom. The van der Waals surface area contributed by atoms with Gasteiger partial charge in [-0.1, -0.05) is 23.7 Å². The molecule has 94 valence electrons. The molecule has 1 fully saturated rings. The van der Waals surface area contributed by atoms with E-state index in [1.807, 2.05) is 12.1 Å². The predicted molar refractivity (Wildman–Crippen MR) is 78.1 cm³/mol. The van der Waals surface area contributed by atoms with Gasteiger partial charge in [-0.15, -0.1) is 0 Å². The molecule has 0 radical (unpaired) electrons. The van der Waals surface area contributed by atoms with E-state index in [1.54, 1.807) is 0 Å². The van der Waals surface area contributed by atoms with Crippen LogP contribution in [0.2, 0.25) is 5.02 Å². The molecule has 0 amide bonds. The molecule has 1 aliphatic rings. The molecule has 1 heterocycles. The molecule has 0 aromatic heterocycles. The van der Waals surface area contributed by atoms with Crippen LogP contribution in [0.4, 0.5) is 0 Å². The standard InChI is InChI=1S/C14H20ClNS/c15-13-5-3-12(4-6-13)8-11-17-14-2-1-9-16-10-7-14/h3-6,14,16H,1-2,7-11H2. The number of benzene rings is 1. The highest BCUT2D eigenvalue weighted by Gasteiger charge is 2.11. The van der Waals surface area contributed by atoms with E-state index < -0.39 is 0 Å². The molecule has 2 rings (SSSR count). The third kappa shape index (κ3) is 4.90. The summed E-state index contributed by atoms with van der Waals surface area (Å²) in [6, 6.07) is 8.24. The second-order valence-electron chi connectivity index (χ2n) is 4.55. The lowest BCUT2D eigenvalue weighted by molar-refractivity contribution is 0.703. The average Bonchev–Trinajstić information content (AvgIpc) is 2.60. The largest absolute Gasteiger partial charge is 0.317 e. The second-order valence-corrected chi connectivity index (χ2v) is 6.39. The summed E-state index contributed by atoms with van der Waals surface area (Å²) in [7, 11) is 0. The second kappa shape index (κ2) is 7.30. The lowest BCUT2D eigenvalue weighted by Gasteiger charge is -2.12. The summed E-state index contributed by atoms with van der Waals surface area (Å²) in [5.41, 5.74) is 1.40. The van der Waals surface area contributed by atoms with Crippen molar-refractivity contribution in [3.63, 3.8) is 0 Å². The van der Waals surface area contributed by atoms with Crippen molar-refractivity contribution in [1.29, 1.82) is 0 Å². The van der Waals surface area contributed by atoms with Gasteiger partial charge in [0.05, 0.1) is 0 Å². The van der Waals surface area contributed by atoms with Crippen LogP contribution in [0.3, 0.4) is 0 Å². The highest BCUT2D eigenvalue weighted by Crippen LogP contribution is 2.22. The first-order chi connectivity index (χ1) is 8.34. The molecule has 3 heteroatoms. The molecule has 1 aliphatic heterocycles. The molecule has 1 nitrogen and oxygen atoms in total. The van der Waals surface area contributed by atoms with Crippen molar-refractivity contribution in [3.05, 3.63) is 34.9 Å². The molecule has 1 saturated heterocycles. The first-order valence-corrected chi connectivity index (χ1v) is 7.84. The van der Waals surface area contributed by atoms with Gasteiger partial charge in [-0.25, -0.2) is 0 Å². The first-order valence-electron chi connectivity index (χ1n) is 6.41. The molecule has 1 aromatic carbocycles. The monoisotopic (exact) mass is 269 g/mol. The zero-order chi connectivity index (χ0) is 11.9. The van der Waals surface area contributed by atoms with E-state index in [0.717, 1.165) is 16.7 Å². The van der Waals surface area contributed by atoms with Crippen molar-refractivity contribution in [2.75, 3.05) is 18.8 Å². The Hall–Kier alpha value is -0.180. The number of rotatable bonds is 4. The maximum atomic E-state index is 5.87. The van der Waals surface area contributed by atoms with Crippen LogP contribution in [0.15, 0.2) is 24.3 Å². The Bertz CT molecular complexity index is 317. The third-order valence-corrected chi connectivity index (χ3v) is 4.81. The first kappa shape index (κ1) is 13.3. The number of aryl methyl sites for hydroxylation is 1. The van der Waals surface area contributed by atoms with Crippen molar-refractivity contribution < 1.29 is 0 Å². The minimum absolute atomic E-state index is 0.830. The Morgan fingerprint density at radius 1 is 1.18 bits per heavy atom. The Kier molecular flexibility index (Phi) is 5.69. The minimum Gasteiger partial charge on any atom is -0.317 e. The fourth-order valence-corrected chi connectivity index (χ4v) is 3.58. The topological polar surface area (TPSA) is 12.0 Å². The summed E-state index contributed by atoms with van der Waals surface area (Å²) in [6.07, 6.45) is 5.19. The quantitative estimate of drug-likeness (QED) is 0.893. The molecular weight excluding hydrogens is 250 g/mol. The van der Waals surface area contributed by atoms with Crippen LogP contribution in [0.1, 0.15) is 24.8 Å². The van der Waals surface area contributed by atoms with E-state index in [0.29, 0.717) is 0 Å². The average molecular weight is 270 g/mol. The van der Waals surface area contributed by atoms with Gasteiger partial charge in [0.25, 0.3) is 0 Å². The van der Waals surface area contributed by atoms with Crippen LogP contribution in [0.25, 0.3) is 0 Å². The van der Waals surface area contributed by atoms with Crippen molar-refractivity contribution in [3.8, 4) is 0 Å². The van der Waals surface area contributed by atoms with Crippen LogP contribution in [0, 0.1) is 0 Å².